The molecule has 96 valence electrons. The van der Waals surface area contributed by atoms with E-state index >= 15 is 0 Å². The van der Waals surface area contributed by atoms with Gasteiger partial charge in [0.05, 0.1) is 16.9 Å². The van der Waals surface area contributed by atoms with Gasteiger partial charge in [0.1, 0.15) is 0 Å². The third-order valence-corrected chi connectivity index (χ3v) is 4.18. The SMILES string of the molecule is c1csc(-c2cn(CCN3CCNCC3)cn2)c1. The van der Waals surface area contributed by atoms with Crippen molar-refractivity contribution in [2.75, 3.05) is 32.7 Å². The van der Waals surface area contributed by atoms with Crippen LogP contribution in [-0.4, -0.2) is 47.2 Å². The van der Waals surface area contributed by atoms with Crippen molar-refractivity contribution in [2.24, 2.45) is 0 Å². The number of nitrogens with zero attached hydrogens (tertiary/aromatic N) is 3. The van der Waals surface area contributed by atoms with Crippen molar-refractivity contribution in [1.82, 2.24) is 19.8 Å². The second-order valence-electron chi connectivity index (χ2n) is 4.57. The van der Waals surface area contributed by atoms with Gasteiger partial charge in [-0.1, -0.05) is 6.07 Å². The molecule has 0 saturated carbocycles. The van der Waals surface area contributed by atoms with Crippen molar-refractivity contribution in [3.8, 4) is 10.6 Å². The highest BCUT2D eigenvalue weighted by Crippen LogP contribution is 2.22. The predicted molar refractivity (Wildman–Crippen MR) is 74.8 cm³/mol. The number of piperazine rings is 1. The minimum absolute atomic E-state index is 1.03. The average Bonchev–Trinajstić information content (AvgIpc) is 3.08. The van der Waals surface area contributed by atoms with E-state index in [1.807, 2.05) is 6.33 Å². The molecule has 0 spiro atoms. The van der Waals surface area contributed by atoms with Gasteiger partial charge in [0.25, 0.3) is 0 Å². The average molecular weight is 262 g/mol. The van der Waals surface area contributed by atoms with Gasteiger partial charge in [0.15, 0.2) is 0 Å². The van der Waals surface area contributed by atoms with Crippen LogP contribution in [0.15, 0.2) is 30.0 Å². The Hall–Kier alpha value is -1.17. The van der Waals surface area contributed by atoms with Gasteiger partial charge < -0.3 is 9.88 Å². The first-order chi connectivity index (χ1) is 8.92. The number of thiophene rings is 1. The van der Waals surface area contributed by atoms with Crippen LogP contribution in [0.4, 0.5) is 0 Å². The van der Waals surface area contributed by atoms with Crippen LogP contribution in [0, 0.1) is 0 Å². The fourth-order valence-electron chi connectivity index (χ4n) is 2.23. The molecule has 1 aliphatic rings. The van der Waals surface area contributed by atoms with Crippen LogP contribution in [0.2, 0.25) is 0 Å². The molecule has 3 rings (SSSR count). The molecule has 0 atom stereocenters. The molecule has 3 heterocycles. The number of imidazole rings is 1. The van der Waals surface area contributed by atoms with E-state index in [2.05, 4.69) is 43.5 Å². The predicted octanol–water partition coefficient (Wildman–Crippen LogP) is 1.52. The smallest absolute Gasteiger partial charge is 0.0981 e. The molecule has 2 aromatic rings. The molecule has 4 nitrogen and oxygen atoms in total. The van der Waals surface area contributed by atoms with E-state index in [-0.39, 0.29) is 0 Å². The second-order valence-corrected chi connectivity index (χ2v) is 5.51. The third kappa shape index (κ3) is 2.80. The summed E-state index contributed by atoms with van der Waals surface area (Å²) in [6.45, 7) is 6.69. The second kappa shape index (κ2) is 5.65. The first-order valence-corrected chi connectivity index (χ1v) is 7.28. The zero-order valence-electron chi connectivity index (χ0n) is 10.4. The third-order valence-electron chi connectivity index (χ3n) is 3.29. The van der Waals surface area contributed by atoms with Gasteiger partial charge >= 0.3 is 0 Å². The van der Waals surface area contributed by atoms with Crippen molar-refractivity contribution < 1.29 is 0 Å². The first kappa shape index (κ1) is 11.9. The molecular weight excluding hydrogens is 244 g/mol. The highest BCUT2D eigenvalue weighted by molar-refractivity contribution is 7.13. The number of hydrogen-bond donors (Lipinski definition) is 1. The number of nitrogens with one attached hydrogen (secondary N) is 1. The van der Waals surface area contributed by atoms with Gasteiger partial charge in [0.2, 0.25) is 0 Å². The molecule has 1 N–H and O–H groups in total. The summed E-state index contributed by atoms with van der Waals surface area (Å²) in [5.41, 5.74) is 1.09. The van der Waals surface area contributed by atoms with Crippen molar-refractivity contribution >= 4 is 11.3 Å². The monoisotopic (exact) mass is 262 g/mol. The molecular formula is C13H18N4S. The largest absolute Gasteiger partial charge is 0.336 e. The fourth-order valence-corrected chi connectivity index (χ4v) is 2.91. The first-order valence-electron chi connectivity index (χ1n) is 6.40. The molecule has 0 amide bonds. The van der Waals surface area contributed by atoms with Gasteiger partial charge in [-0.3, -0.25) is 4.90 Å². The summed E-state index contributed by atoms with van der Waals surface area (Å²) in [5, 5.41) is 5.47. The van der Waals surface area contributed by atoms with Gasteiger partial charge in [0, 0.05) is 45.5 Å². The van der Waals surface area contributed by atoms with Crippen LogP contribution in [-0.2, 0) is 6.54 Å². The zero-order chi connectivity index (χ0) is 12.2. The molecule has 1 saturated heterocycles. The molecule has 5 heteroatoms. The molecule has 0 radical (unpaired) electrons. The Balaban J connectivity index is 1.57. The van der Waals surface area contributed by atoms with E-state index in [4.69, 9.17) is 0 Å². The Morgan fingerprint density at radius 3 is 2.94 bits per heavy atom. The van der Waals surface area contributed by atoms with E-state index in [1.54, 1.807) is 11.3 Å². The quantitative estimate of drug-likeness (QED) is 0.907. The lowest BCUT2D eigenvalue weighted by Crippen LogP contribution is -2.44. The minimum atomic E-state index is 1.03. The van der Waals surface area contributed by atoms with Crippen molar-refractivity contribution in [2.45, 2.75) is 6.54 Å². The van der Waals surface area contributed by atoms with Crippen LogP contribution < -0.4 is 5.32 Å². The summed E-state index contributed by atoms with van der Waals surface area (Å²) < 4.78 is 2.19. The van der Waals surface area contributed by atoms with Gasteiger partial charge in [-0.15, -0.1) is 11.3 Å². The summed E-state index contributed by atoms with van der Waals surface area (Å²) in [4.78, 5) is 8.21. The number of rotatable bonds is 4. The van der Waals surface area contributed by atoms with Crippen molar-refractivity contribution in [3.63, 3.8) is 0 Å². The molecule has 1 aliphatic heterocycles. The number of hydrogen-bond acceptors (Lipinski definition) is 4. The van der Waals surface area contributed by atoms with Gasteiger partial charge in [-0.25, -0.2) is 4.98 Å². The Bertz CT molecular complexity index is 471. The fraction of sp³-hybridized carbons (Fsp3) is 0.462. The van der Waals surface area contributed by atoms with Crippen LogP contribution in [0.5, 0.6) is 0 Å². The normalized spacial score (nSPS) is 17.1. The maximum absolute atomic E-state index is 4.46. The Kier molecular flexibility index (Phi) is 3.73. The van der Waals surface area contributed by atoms with Gasteiger partial charge in [-0.05, 0) is 11.4 Å². The molecule has 0 bridgehead atoms. The van der Waals surface area contributed by atoms with Crippen LogP contribution >= 0.6 is 11.3 Å². The maximum Gasteiger partial charge on any atom is 0.0981 e. The zero-order valence-corrected chi connectivity index (χ0v) is 11.2. The van der Waals surface area contributed by atoms with Gasteiger partial charge in [-0.2, -0.15) is 0 Å². The summed E-state index contributed by atoms with van der Waals surface area (Å²) in [6.07, 6.45) is 4.09. The highest BCUT2D eigenvalue weighted by Gasteiger charge is 2.09. The lowest BCUT2D eigenvalue weighted by Gasteiger charge is -2.27. The summed E-state index contributed by atoms with van der Waals surface area (Å²) >= 11 is 1.74. The van der Waals surface area contributed by atoms with E-state index < -0.39 is 0 Å². The van der Waals surface area contributed by atoms with E-state index in [0.717, 1.165) is 45.0 Å². The number of aromatic nitrogens is 2. The highest BCUT2D eigenvalue weighted by atomic mass is 32.1. The topological polar surface area (TPSA) is 33.1 Å². The van der Waals surface area contributed by atoms with E-state index in [9.17, 15) is 0 Å². The maximum atomic E-state index is 4.46. The summed E-state index contributed by atoms with van der Waals surface area (Å²) in [7, 11) is 0. The Morgan fingerprint density at radius 1 is 1.28 bits per heavy atom. The molecule has 0 unspecified atom stereocenters. The Morgan fingerprint density at radius 2 is 2.17 bits per heavy atom. The van der Waals surface area contributed by atoms with E-state index in [1.165, 1.54) is 4.88 Å². The standard InChI is InChI=1S/C13H18N4S/c1-2-13(18-9-1)12-10-17(11-15-12)8-7-16-5-3-14-4-6-16/h1-2,9-11,14H,3-8H2. The molecule has 1 fully saturated rings. The summed E-state index contributed by atoms with van der Waals surface area (Å²) in [6, 6.07) is 4.19. The summed E-state index contributed by atoms with van der Waals surface area (Å²) in [5.74, 6) is 0. The van der Waals surface area contributed by atoms with Crippen LogP contribution in [0.1, 0.15) is 0 Å². The molecule has 0 aromatic carbocycles. The molecule has 18 heavy (non-hydrogen) atoms. The Labute approximate surface area is 111 Å². The van der Waals surface area contributed by atoms with E-state index in [0.29, 0.717) is 0 Å². The van der Waals surface area contributed by atoms with Crippen molar-refractivity contribution in [1.29, 1.82) is 0 Å². The molecule has 0 aliphatic carbocycles. The lowest BCUT2D eigenvalue weighted by atomic mass is 10.3. The lowest BCUT2D eigenvalue weighted by molar-refractivity contribution is 0.232. The van der Waals surface area contributed by atoms with Crippen molar-refractivity contribution in [3.05, 3.63) is 30.0 Å². The van der Waals surface area contributed by atoms with Crippen LogP contribution in [0.3, 0.4) is 0 Å². The minimum Gasteiger partial charge on any atom is -0.336 e. The van der Waals surface area contributed by atoms with Crippen LogP contribution in [0.25, 0.3) is 10.6 Å². The molecule has 2 aromatic heterocycles.